The van der Waals surface area contributed by atoms with E-state index >= 15 is 0 Å². The van der Waals surface area contributed by atoms with Crippen molar-refractivity contribution >= 4 is 0 Å². The van der Waals surface area contributed by atoms with E-state index in [2.05, 4.69) is 11.8 Å². The zero-order valence-electron chi connectivity index (χ0n) is 9.00. The second-order valence-electron chi connectivity index (χ2n) is 0.500. The molecular weight excluding hydrogens is 120 g/mol. The number of hydrogen-bond acceptors (Lipinski definition) is 0. The highest BCUT2D eigenvalue weighted by molar-refractivity contribution is 4.89. The highest BCUT2D eigenvalue weighted by Gasteiger charge is 1.26. The lowest BCUT2D eigenvalue weighted by molar-refractivity contribution is 1.50. The fourth-order valence-corrected chi connectivity index (χ4v) is 0. The largest absolute Gasteiger partial charge is 0.107 e. The van der Waals surface area contributed by atoms with Crippen LogP contribution in [0.2, 0.25) is 0 Å². The molecule has 0 saturated heterocycles. The van der Waals surface area contributed by atoms with Crippen molar-refractivity contribution in [3.8, 4) is 11.8 Å². The molecule has 0 unspecified atom stereocenters. The Kier molecular flexibility index (Phi) is 456. The van der Waals surface area contributed by atoms with Crippen molar-refractivity contribution in [3.63, 3.8) is 0 Å². The van der Waals surface area contributed by atoms with Crippen molar-refractivity contribution in [1.82, 2.24) is 0 Å². The quantitative estimate of drug-likeness (QED) is 0.449. The van der Waals surface area contributed by atoms with Gasteiger partial charge in [0.1, 0.15) is 0 Å². The Balaban J connectivity index is -0.0000000262. The first kappa shape index (κ1) is 22.7. The van der Waals surface area contributed by atoms with Gasteiger partial charge in [0, 0.05) is 0 Å². The van der Waals surface area contributed by atoms with Gasteiger partial charge in [0.25, 0.3) is 0 Å². The molecule has 0 aromatic rings. The third-order valence-corrected chi connectivity index (χ3v) is 0.250. The van der Waals surface area contributed by atoms with Gasteiger partial charge in [0.2, 0.25) is 0 Å². The van der Waals surface area contributed by atoms with Gasteiger partial charge in [-0.25, -0.2) is 0 Å². The maximum Gasteiger partial charge on any atom is -0.00271 e. The lowest BCUT2D eigenvalue weighted by Gasteiger charge is -1.40. The zero-order chi connectivity index (χ0) is 9.41. The molecule has 0 atom stereocenters. The summed E-state index contributed by atoms with van der Waals surface area (Å²) < 4.78 is 0. The molecule has 0 amide bonds. The van der Waals surface area contributed by atoms with E-state index in [1.807, 2.05) is 55.4 Å². The van der Waals surface area contributed by atoms with Crippen LogP contribution in [0, 0.1) is 11.8 Å². The molecule has 0 spiro atoms. The van der Waals surface area contributed by atoms with Crippen LogP contribution in [0.1, 0.15) is 55.4 Å². The van der Waals surface area contributed by atoms with Crippen LogP contribution in [0.3, 0.4) is 0 Å². The third-order valence-electron chi connectivity index (χ3n) is 0.250. The molecule has 0 aromatic carbocycles. The van der Waals surface area contributed by atoms with Crippen LogP contribution < -0.4 is 0 Å². The van der Waals surface area contributed by atoms with Gasteiger partial charge in [-0.1, -0.05) is 41.5 Å². The average molecular weight is 144 g/mol. The molecule has 0 aliphatic heterocycles. The highest BCUT2D eigenvalue weighted by atomic mass is 13.3. The summed E-state index contributed by atoms with van der Waals surface area (Å²) >= 11 is 0. The summed E-state index contributed by atoms with van der Waals surface area (Å²) in [5, 5.41) is 0. The van der Waals surface area contributed by atoms with Crippen LogP contribution in [0.15, 0.2) is 0 Å². The average Bonchev–Trinajstić information content (AvgIpc) is 2.14. The number of rotatable bonds is 0. The molecule has 0 fully saturated rings. The molecule has 0 N–H and O–H groups in total. The SMILES string of the molecule is CC.CC.CC.CC#CC. The molecule has 0 saturated carbocycles. The first-order valence-corrected chi connectivity index (χ1v) is 4.25. The van der Waals surface area contributed by atoms with Gasteiger partial charge in [-0.3, -0.25) is 0 Å². The summed E-state index contributed by atoms with van der Waals surface area (Å²) in [4.78, 5) is 0. The minimum Gasteiger partial charge on any atom is -0.107 e. The molecule has 64 valence electrons. The molecular formula is C10H24. The van der Waals surface area contributed by atoms with Crippen LogP contribution in [-0.2, 0) is 0 Å². The van der Waals surface area contributed by atoms with Crippen molar-refractivity contribution in [2.45, 2.75) is 55.4 Å². The smallest absolute Gasteiger partial charge is 0.00271 e. The van der Waals surface area contributed by atoms with Gasteiger partial charge in [-0.2, -0.15) is 0 Å². The minimum absolute atomic E-state index is 1.82. The summed E-state index contributed by atoms with van der Waals surface area (Å²) in [6.45, 7) is 15.6. The van der Waals surface area contributed by atoms with E-state index in [4.69, 9.17) is 0 Å². The lowest BCUT2D eigenvalue weighted by Crippen LogP contribution is -1.28. The first-order chi connectivity index (χ1) is 4.91. The van der Waals surface area contributed by atoms with Gasteiger partial charge in [0.15, 0.2) is 0 Å². The Hall–Kier alpha value is -0.440. The maximum absolute atomic E-state index is 2.68. The fourth-order valence-electron chi connectivity index (χ4n) is 0. The first-order valence-electron chi connectivity index (χ1n) is 4.25. The normalized spacial score (nSPS) is 3.20. The van der Waals surface area contributed by atoms with E-state index < -0.39 is 0 Å². The summed E-state index contributed by atoms with van der Waals surface area (Å²) in [6.07, 6.45) is 0. The summed E-state index contributed by atoms with van der Waals surface area (Å²) in [5.74, 6) is 5.36. The van der Waals surface area contributed by atoms with E-state index in [1.165, 1.54) is 0 Å². The van der Waals surface area contributed by atoms with E-state index in [1.54, 1.807) is 0 Å². The van der Waals surface area contributed by atoms with Crippen LogP contribution in [0.4, 0.5) is 0 Å². The molecule has 0 aliphatic carbocycles. The van der Waals surface area contributed by atoms with Gasteiger partial charge in [-0.05, 0) is 13.8 Å². The molecule has 10 heavy (non-hydrogen) atoms. The van der Waals surface area contributed by atoms with Crippen LogP contribution in [-0.4, -0.2) is 0 Å². The zero-order valence-corrected chi connectivity index (χ0v) is 9.00. The summed E-state index contributed by atoms with van der Waals surface area (Å²) in [7, 11) is 0. The van der Waals surface area contributed by atoms with Gasteiger partial charge in [0.05, 0.1) is 0 Å². The fraction of sp³-hybridized carbons (Fsp3) is 0.800. The van der Waals surface area contributed by atoms with Crippen LogP contribution >= 0.6 is 0 Å². The van der Waals surface area contributed by atoms with Gasteiger partial charge < -0.3 is 0 Å². The van der Waals surface area contributed by atoms with Crippen LogP contribution in [0.5, 0.6) is 0 Å². The van der Waals surface area contributed by atoms with Crippen molar-refractivity contribution in [3.05, 3.63) is 0 Å². The molecule has 0 nitrogen and oxygen atoms in total. The summed E-state index contributed by atoms with van der Waals surface area (Å²) in [5.41, 5.74) is 0. The highest BCUT2D eigenvalue weighted by Crippen LogP contribution is 1.39. The monoisotopic (exact) mass is 144 g/mol. The second-order valence-corrected chi connectivity index (χ2v) is 0.500. The van der Waals surface area contributed by atoms with E-state index in [9.17, 15) is 0 Å². The Bertz CT molecular complexity index is 36.8. The molecule has 0 aromatic heterocycles. The maximum atomic E-state index is 2.68. The standard InChI is InChI=1S/C4H6.3C2H6/c1-3-4-2;3*1-2/h1-2H3;3*1-2H3. The Labute approximate surface area is 68.0 Å². The number of hydrogen-bond donors (Lipinski definition) is 0. The molecule has 0 heterocycles. The van der Waals surface area contributed by atoms with E-state index in [-0.39, 0.29) is 0 Å². The Morgan fingerprint density at radius 3 is 0.600 bits per heavy atom. The topological polar surface area (TPSA) is 0 Å². The Morgan fingerprint density at radius 1 is 0.500 bits per heavy atom. The van der Waals surface area contributed by atoms with Crippen LogP contribution in [0.25, 0.3) is 0 Å². The molecule has 0 rings (SSSR count). The van der Waals surface area contributed by atoms with Gasteiger partial charge in [-0.15, -0.1) is 11.8 Å². The van der Waals surface area contributed by atoms with E-state index in [0.29, 0.717) is 0 Å². The Morgan fingerprint density at radius 2 is 0.600 bits per heavy atom. The predicted molar refractivity (Wildman–Crippen MR) is 53.2 cm³/mol. The third kappa shape index (κ3) is 1040. The summed E-state index contributed by atoms with van der Waals surface area (Å²) in [6, 6.07) is 0. The van der Waals surface area contributed by atoms with Crippen molar-refractivity contribution in [1.29, 1.82) is 0 Å². The molecule has 0 bridgehead atoms. The van der Waals surface area contributed by atoms with E-state index in [0.717, 1.165) is 0 Å². The second kappa shape index (κ2) is 201. The minimum atomic E-state index is 1.82. The molecule has 0 radical (unpaired) electrons. The molecule has 0 aliphatic rings. The van der Waals surface area contributed by atoms with Crippen molar-refractivity contribution in [2.24, 2.45) is 0 Å². The van der Waals surface area contributed by atoms with Crippen molar-refractivity contribution < 1.29 is 0 Å². The lowest BCUT2D eigenvalue weighted by atomic mass is 10.7. The predicted octanol–water partition coefficient (Wildman–Crippen LogP) is 4.11. The van der Waals surface area contributed by atoms with Gasteiger partial charge >= 0.3 is 0 Å². The van der Waals surface area contributed by atoms with Crippen molar-refractivity contribution in [2.75, 3.05) is 0 Å². The molecule has 0 heteroatoms.